The zero-order valence-corrected chi connectivity index (χ0v) is 7.74. The molecule has 5 nitrogen and oxygen atoms in total. The Balaban J connectivity index is 3.65. The predicted octanol–water partition coefficient (Wildman–Crippen LogP) is 0.386. The van der Waals surface area contributed by atoms with Crippen molar-refractivity contribution in [2.24, 2.45) is 0 Å². The van der Waals surface area contributed by atoms with Gasteiger partial charge < -0.3 is 14.2 Å². The zero-order valence-electron chi connectivity index (χ0n) is 7.74. The second-order valence-electron chi connectivity index (χ2n) is 2.16. The molecule has 0 aromatic rings. The van der Waals surface area contributed by atoms with Crippen molar-refractivity contribution in [2.45, 2.75) is 26.6 Å². The van der Waals surface area contributed by atoms with E-state index in [4.69, 9.17) is 9.47 Å². The van der Waals surface area contributed by atoms with Crippen LogP contribution in [0.4, 0.5) is 0 Å². The van der Waals surface area contributed by atoms with Gasteiger partial charge in [-0.05, 0) is 6.92 Å². The van der Waals surface area contributed by atoms with Gasteiger partial charge in [0.15, 0.2) is 6.61 Å². The first-order valence-electron chi connectivity index (χ1n) is 4.04. The van der Waals surface area contributed by atoms with E-state index in [0.717, 1.165) is 6.47 Å². The van der Waals surface area contributed by atoms with Crippen LogP contribution in [-0.2, 0) is 23.8 Å². The smallest absolute Gasteiger partial charge is 0.418 e. The second kappa shape index (κ2) is 7.54. The van der Waals surface area contributed by atoms with Crippen molar-refractivity contribution in [3.8, 4) is 0 Å². The molecule has 0 bridgehead atoms. The lowest BCUT2D eigenvalue weighted by atomic mass is 10.5. The number of hydrogen-bond donors (Lipinski definition) is 0. The highest BCUT2D eigenvalue weighted by Crippen LogP contribution is 2.00. The van der Waals surface area contributed by atoms with Gasteiger partial charge in [0.05, 0.1) is 0 Å². The van der Waals surface area contributed by atoms with E-state index < -0.39 is 18.9 Å². The largest absolute Gasteiger partial charge is 0.445 e. The average molecular weight is 189 g/mol. The van der Waals surface area contributed by atoms with Crippen LogP contribution in [0.25, 0.3) is 0 Å². The minimum Gasteiger partial charge on any atom is -0.445 e. The standard InChI is InChI=1S/C8H13O5/c1-3-8(12-4-2)13-7(10)5-11-6-9/h8H,3-5H2,1-2H3. The molecule has 0 aliphatic heterocycles. The van der Waals surface area contributed by atoms with E-state index in [2.05, 4.69) is 4.74 Å². The van der Waals surface area contributed by atoms with Crippen LogP contribution in [0.3, 0.4) is 0 Å². The summed E-state index contributed by atoms with van der Waals surface area (Å²) in [6, 6.07) is 0. The van der Waals surface area contributed by atoms with Crippen molar-refractivity contribution in [2.75, 3.05) is 13.2 Å². The Morgan fingerprint density at radius 1 is 1.46 bits per heavy atom. The van der Waals surface area contributed by atoms with E-state index in [1.54, 1.807) is 6.92 Å². The quantitative estimate of drug-likeness (QED) is 0.428. The summed E-state index contributed by atoms with van der Waals surface area (Å²) in [5, 5.41) is 0. The van der Waals surface area contributed by atoms with Crippen molar-refractivity contribution in [3.63, 3.8) is 0 Å². The minimum absolute atomic E-state index is 0.424. The van der Waals surface area contributed by atoms with E-state index in [9.17, 15) is 9.59 Å². The van der Waals surface area contributed by atoms with Crippen LogP contribution in [0.15, 0.2) is 0 Å². The number of carbonyl (C=O) groups is 1. The highest BCUT2D eigenvalue weighted by Gasteiger charge is 2.12. The normalized spacial score (nSPS) is 11.8. The summed E-state index contributed by atoms with van der Waals surface area (Å²) < 4.78 is 13.9. The molecule has 0 aromatic heterocycles. The van der Waals surface area contributed by atoms with Gasteiger partial charge in [0.25, 0.3) is 0 Å². The molecule has 0 rings (SSSR count). The average Bonchev–Trinajstić information content (AvgIpc) is 2.14. The maximum atomic E-state index is 10.8. The summed E-state index contributed by atoms with van der Waals surface area (Å²) in [5.41, 5.74) is 0. The molecule has 0 amide bonds. The van der Waals surface area contributed by atoms with Crippen molar-refractivity contribution >= 4 is 12.4 Å². The fraction of sp³-hybridized carbons (Fsp3) is 0.750. The molecule has 1 unspecified atom stereocenters. The van der Waals surface area contributed by atoms with Gasteiger partial charge in [-0.25, -0.2) is 9.59 Å². The van der Waals surface area contributed by atoms with Crippen LogP contribution >= 0.6 is 0 Å². The molecule has 1 radical (unpaired) electrons. The van der Waals surface area contributed by atoms with Crippen molar-refractivity contribution in [1.82, 2.24) is 0 Å². The Morgan fingerprint density at radius 3 is 2.62 bits per heavy atom. The molecule has 0 aliphatic carbocycles. The first-order valence-corrected chi connectivity index (χ1v) is 4.04. The lowest BCUT2D eigenvalue weighted by molar-refractivity contribution is -0.180. The summed E-state index contributed by atoms with van der Waals surface area (Å²) in [4.78, 5) is 20.4. The van der Waals surface area contributed by atoms with Crippen LogP contribution in [0, 0.1) is 0 Å². The van der Waals surface area contributed by atoms with Gasteiger partial charge in [0, 0.05) is 13.0 Å². The highest BCUT2D eigenvalue weighted by atomic mass is 16.7. The van der Waals surface area contributed by atoms with Gasteiger partial charge in [-0.2, -0.15) is 0 Å². The predicted molar refractivity (Wildman–Crippen MR) is 43.4 cm³/mol. The van der Waals surface area contributed by atoms with Gasteiger partial charge >= 0.3 is 12.4 Å². The molecular formula is C8H13O5. The summed E-state index contributed by atoms with van der Waals surface area (Å²) in [6.45, 7) is 4.79. The molecule has 0 aliphatic rings. The Bertz CT molecular complexity index is 157. The third-order valence-corrected chi connectivity index (χ3v) is 1.20. The van der Waals surface area contributed by atoms with E-state index in [1.807, 2.05) is 6.92 Å². The number of ether oxygens (including phenoxy) is 3. The maximum Gasteiger partial charge on any atom is 0.418 e. The molecule has 0 aromatic carbocycles. The topological polar surface area (TPSA) is 61.8 Å². The number of rotatable bonds is 7. The van der Waals surface area contributed by atoms with Crippen molar-refractivity contribution in [1.29, 1.82) is 0 Å². The Labute approximate surface area is 77.0 Å². The zero-order chi connectivity index (χ0) is 10.1. The summed E-state index contributed by atoms with van der Waals surface area (Å²) >= 11 is 0. The van der Waals surface area contributed by atoms with Gasteiger partial charge in [0.1, 0.15) is 0 Å². The van der Waals surface area contributed by atoms with Gasteiger partial charge in [-0.15, -0.1) is 0 Å². The molecule has 0 fully saturated rings. The van der Waals surface area contributed by atoms with E-state index in [0.29, 0.717) is 13.0 Å². The molecule has 5 heteroatoms. The highest BCUT2D eigenvalue weighted by molar-refractivity contribution is 5.71. The monoisotopic (exact) mass is 189 g/mol. The summed E-state index contributed by atoms with van der Waals surface area (Å²) in [5.74, 6) is -0.636. The van der Waals surface area contributed by atoms with Crippen LogP contribution < -0.4 is 0 Å². The van der Waals surface area contributed by atoms with Crippen molar-refractivity contribution in [3.05, 3.63) is 0 Å². The number of hydrogen-bond acceptors (Lipinski definition) is 5. The summed E-state index contributed by atoms with van der Waals surface area (Å²) in [7, 11) is 0. The molecule has 0 saturated carbocycles. The van der Waals surface area contributed by atoms with E-state index in [1.165, 1.54) is 0 Å². The molecule has 0 N–H and O–H groups in total. The maximum absolute atomic E-state index is 10.8. The van der Waals surface area contributed by atoms with Gasteiger partial charge in [0.2, 0.25) is 6.29 Å². The fourth-order valence-electron chi connectivity index (χ4n) is 0.690. The first-order chi connectivity index (χ1) is 6.24. The molecule has 1 atom stereocenters. The Morgan fingerprint density at radius 2 is 2.15 bits per heavy atom. The molecule has 0 saturated heterocycles. The molecular weight excluding hydrogens is 176 g/mol. The van der Waals surface area contributed by atoms with Crippen LogP contribution in [0.5, 0.6) is 0 Å². The lowest BCUT2D eigenvalue weighted by Gasteiger charge is -2.14. The second-order valence-corrected chi connectivity index (χ2v) is 2.16. The molecule has 0 heterocycles. The van der Waals surface area contributed by atoms with Gasteiger partial charge in [-0.3, -0.25) is 0 Å². The SMILES string of the molecule is CCOC(CC)OC(=O)CO[C]=O. The van der Waals surface area contributed by atoms with Gasteiger partial charge in [-0.1, -0.05) is 6.92 Å². The lowest BCUT2D eigenvalue weighted by Crippen LogP contribution is -2.23. The minimum atomic E-state index is -0.636. The molecule has 0 spiro atoms. The Kier molecular flexibility index (Phi) is 6.91. The third-order valence-electron chi connectivity index (χ3n) is 1.20. The van der Waals surface area contributed by atoms with Crippen molar-refractivity contribution < 1.29 is 23.8 Å². The van der Waals surface area contributed by atoms with Crippen LogP contribution in [0.2, 0.25) is 0 Å². The van der Waals surface area contributed by atoms with E-state index in [-0.39, 0.29) is 0 Å². The van der Waals surface area contributed by atoms with Crippen LogP contribution in [-0.4, -0.2) is 31.9 Å². The first kappa shape index (κ1) is 11.9. The summed E-state index contributed by atoms with van der Waals surface area (Å²) in [6.07, 6.45) is -0.00236. The molecule has 75 valence electrons. The number of esters is 1. The van der Waals surface area contributed by atoms with Crippen LogP contribution in [0.1, 0.15) is 20.3 Å². The fourth-order valence-corrected chi connectivity index (χ4v) is 0.690. The third kappa shape index (κ3) is 6.10. The number of carbonyl (C=O) groups excluding carboxylic acids is 2. The van der Waals surface area contributed by atoms with E-state index >= 15 is 0 Å². The molecule has 13 heavy (non-hydrogen) atoms. The Hall–Kier alpha value is -1.10.